The Balaban J connectivity index is 2.08. The van der Waals surface area contributed by atoms with Crippen molar-refractivity contribution in [3.63, 3.8) is 0 Å². The third-order valence-corrected chi connectivity index (χ3v) is 6.55. The van der Waals surface area contributed by atoms with E-state index >= 15 is 0 Å². The predicted molar refractivity (Wildman–Crippen MR) is 96.6 cm³/mol. The number of carbonyl (C=O) groups excluding carboxylic acids is 1. The van der Waals surface area contributed by atoms with Crippen molar-refractivity contribution < 1.29 is 26.4 Å². The standard InChI is InChI=1S/C17H19F3N2O3S2/c1-11(2)15(22-27(24,25)14-7-4-8-26-14)16(23)21-10-12-5-3-6-13(9-12)17(18,19)20/h3-9,11,15,22H,10H2,1-2H3,(H,21,23)/t15-/m1/s1. The van der Waals surface area contributed by atoms with E-state index in [0.29, 0.717) is 0 Å². The lowest BCUT2D eigenvalue weighted by Crippen LogP contribution is -2.49. The van der Waals surface area contributed by atoms with Crippen molar-refractivity contribution in [1.29, 1.82) is 0 Å². The smallest absolute Gasteiger partial charge is 0.351 e. The third-order valence-electron chi connectivity index (χ3n) is 3.71. The van der Waals surface area contributed by atoms with Gasteiger partial charge in [0.15, 0.2) is 0 Å². The zero-order chi connectivity index (χ0) is 20.2. The number of amides is 1. The van der Waals surface area contributed by atoms with Crippen LogP contribution in [0.4, 0.5) is 13.2 Å². The van der Waals surface area contributed by atoms with Gasteiger partial charge in [-0.2, -0.15) is 17.9 Å². The number of thiophene rings is 1. The quantitative estimate of drug-likeness (QED) is 0.721. The Labute approximate surface area is 159 Å². The van der Waals surface area contributed by atoms with E-state index in [9.17, 15) is 26.4 Å². The number of hydrogen-bond donors (Lipinski definition) is 2. The molecule has 2 N–H and O–H groups in total. The Morgan fingerprint density at radius 3 is 2.44 bits per heavy atom. The fourth-order valence-corrected chi connectivity index (χ4v) is 4.64. The van der Waals surface area contributed by atoms with Crippen LogP contribution in [0.3, 0.4) is 0 Å². The molecule has 148 valence electrons. The summed E-state index contributed by atoms with van der Waals surface area (Å²) in [5, 5.41) is 4.10. The number of nitrogens with one attached hydrogen (secondary N) is 2. The zero-order valence-electron chi connectivity index (χ0n) is 14.6. The first-order valence-electron chi connectivity index (χ1n) is 8.00. The molecule has 1 aromatic heterocycles. The minimum absolute atomic E-state index is 0.0822. The van der Waals surface area contributed by atoms with E-state index in [1.165, 1.54) is 18.2 Å². The van der Waals surface area contributed by atoms with Gasteiger partial charge in [0.25, 0.3) is 10.0 Å². The van der Waals surface area contributed by atoms with Crippen molar-refractivity contribution in [2.45, 2.75) is 36.8 Å². The van der Waals surface area contributed by atoms with Crippen molar-refractivity contribution in [1.82, 2.24) is 10.0 Å². The van der Waals surface area contributed by atoms with Crippen LogP contribution in [-0.4, -0.2) is 20.4 Å². The van der Waals surface area contributed by atoms with Crippen molar-refractivity contribution in [2.24, 2.45) is 5.92 Å². The fourth-order valence-electron chi connectivity index (χ4n) is 2.29. The number of benzene rings is 1. The van der Waals surface area contributed by atoms with Gasteiger partial charge < -0.3 is 5.32 Å². The van der Waals surface area contributed by atoms with E-state index in [4.69, 9.17) is 0 Å². The molecule has 0 saturated carbocycles. The van der Waals surface area contributed by atoms with Gasteiger partial charge in [0, 0.05) is 6.54 Å². The van der Waals surface area contributed by atoms with Crippen molar-refractivity contribution in [3.8, 4) is 0 Å². The lowest BCUT2D eigenvalue weighted by molar-refractivity contribution is -0.137. The van der Waals surface area contributed by atoms with Gasteiger partial charge in [-0.1, -0.05) is 32.0 Å². The Kier molecular flexibility index (Phi) is 6.66. The molecule has 2 rings (SSSR count). The Morgan fingerprint density at radius 1 is 1.19 bits per heavy atom. The van der Waals surface area contributed by atoms with Gasteiger partial charge in [-0.3, -0.25) is 4.79 Å². The first-order chi connectivity index (χ1) is 12.5. The molecule has 2 aromatic rings. The van der Waals surface area contributed by atoms with Gasteiger partial charge in [0.1, 0.15) is 10.3 Å². The molecule has 1 amide bonds. The molecule has 0 fully saturated rings. The molecule has 0 radical (unpaired) electrons. The summed E-state index contributed by atoms with van der Waals surface area (Å²) in [6.45, 7) is 3.20. The number of sulfonamides is 1. The minimum Gasteiger partial charge on any atom is -0.351 e. The summed E-state index contributed by atoms with van der Waals surface area (Å²) in [5.74, 6) is -0.969. The van der Waals surface area contributed by atoms with Crippen LogP contribution in [0.1, 0.15) is 25.0 Å². The van der Waals surface area contributed by atoms with Crippen LogP contribution in [-0.2, 0) is 27.5 Å². The van der Waals surface area contributed by atoms with E-state index < -0.39 is 33.7 Å². The molecule has 5 nitrogen and oxygen atoms in total. The second-order valence-electron chi connectivity index (χ2n) is 6.19. The molecule has 0 aliphatic carbocycles. The molecule has 0 saturated heterocycles. The van der Waals surface area contributed by atoms with E-state index in [1.54, 1.807) is 25.3 Å². The Hall–Kier alpha value is -1.91. The molecule has 0 unspecified atom stereocenters. The largest absolute Gasteiger partial charge is 0.416 e. The molecule has 1 heterocycles. The van der Waals surface area contributed by atoms with E-state index in [0.717, 1.165) is 23.5 Å². The second kappa shape index (κ2) is 8.41. The zero-order valence-corrected chi connectivity index (χ0v) is 16.2. The highest BCUT2D eigenvalue weighted by molar-refractivity contribution is 7.91. The second-order valence-corrected chi connectivity index (χ2v) is 9.08. The number of alkyl halides is 3. The molecule has 27 heavy (non-hydrogen) atoms. The third kappa shape index (κ3) is 5.78. The summed E-state index contributed by atoms with van der Waals surface area (Å²) < 4.78 is 65.4. The summed E-state index contributed by atoms with van der Waals surface area (Å²) in [6, 6.07) is 6.54. The average Bonchev–Trinajstić information content (AvgIpc) is 3.12. The van der Waals surface area contributed by atoms with Gasteiger partial charge >= 0.3 is 6.18 Å². The van der Waals surface area contributed by atoms with Gasteiger partial charge in [-0.15, -0.1) is 11.3 Å². The maximum absolute atomic E-state index is 12.8. The van der Waals surface area contributed by atoms with Crippen LogP contribution in [0, 0.1) is 5.92 Å². The summed E-state index contributed by atoms with van der Waals surface area (Å²) in [6.07, 6.45) is -4.48. The summed E-state index contributed by atoms with van der Waals surface area (Å²) in [5.41, 5.74) is -0.546. The van der Waals surface area contributed by atoms with Crippen LogP contribution in [0.25, 0.3) is 0 Å². The van der Waals surface area contributed by atoms with Crippen LogP contribution in [0.5, 0.6) is 0 Å². The van der Waals surface area contributed by atoms with Crippen LogP contribution < -0.4 is 10.0 Å². The molecular formula is C17H19F3N2O3S2. The van der Waals surface area contributed by atoms with E-state index in [1.807, 2.05) is 0 Å². The molecule has 0 aliphatic rings. The van der Waals surface area contributed by atoms with Gasteiger partial charge in [0.2, 0.25) is 5.91 Å². The first-order valence-corrected chi connectivity index (χ1v) is 10.4. The molecule has 10 heteroatoms. The predicted octanol–water partition coefficient (Wildman–Crippen LogP) is 3.39. The van der Waals surface area contributed by atoms with E-state index in [-0.39, 0.29) is 22.2 Å². The number of halogens is 3. The van der Waals surface area contributed by atoms with Crippen LogP contribution in [0.15, 0.2) is 46.0 Å². The Morgan fingerprint density at radius 2 is 1.89 bits per heavy atom. The Bertz CT molecular complexity index is 879. The minimum atomic E-state index is -4.48. The highest BCUT2D eigenvalue weighted by Gasteiger charge is 2.31. The maximum Gasteiger partial charge on any atom is 0.416 e. The summed E-state index contributed by atoms with van der Waals surface area (Å²) >= 11 is 1.02. The van der Waals surface area contributed by atoms with Gasteiger partial charge in [-0.25, -0.2) is 8.42 Å². The average molecular weight is 420 g/mol. The maximum atomic E-state index is 12.8. The number of hydrogen-bond acceptors (Lipinski definition) is 4. The van der Waals surface area contributed by atoms with Crippen molar-refractivity contribution in [3.05, 3.63) is 52.9 Å². The molecule has 0 aliphatic heterocycles. The monoisotopic (exact) mass is 420 g/mol. The normalized spacial score (nSPS) is 13.6. The topological polar surface area (TPSA) is 75.3 Å². The summed E-state index contributed by atoms with van der Waals surface area (Å²) in [7, 11) is -3.86. The highest BCUT2D eigenvalue weighted by atomic mass is 32.2. The van der Waals surface area contributed by atoms with Gasteiger partial charge in [0.05, 0.1) is 5.56 Å². The van der Waals surface area contributed by atoms with Crippen LogP contribution >= 0.6 is 11.3 Å². The lowest BCUT2D eigenvalue weighted by Gasteiger charge is -2.21. The molecule has 0 spiro atoms. The van der Waals surface area contributed by atoms with Crippen LogP contribution in [0.2, 0.25) is 0 Å². The SMILES string of the molecule is CC(C)[C@@H](NS(=O)(=O)c1cccs1)C(=O)NCc1cccc(C(F)(F)F)c1. The number of rotatable bonds is 7. The first kappa shape index (κ1) is 21.4. The molecule has 1 aromatic carbocycles. The molecular weight excluding hydrogens is 401 g/mol. The summed E-state index contributed by atoms with van der Waals surface area (Å²) in [4.78, 5) is 12.4. The van der Waals surface area contributed by atoms with Gasteiger partial charge in [-0.05, 0) is 35.1 Å². The van der Waals surface area contributed by atoms with Crippen molar-refractivity contribution >= 4 is 27.3 Å². The van der Waals surface area contributed by atoms with E-state index in [2.05, 4.69) is 10.0 Å². The molecule has 1 atom stereocenters. The highest BCUT2D eigenvalue weighted by Crippen LogP contribution is 2.29. The van der Waals surface area contributed by atoms with Crippen molar-refractivity contribution in [2.75, 3.05) is 0 Å². The fraction of sp³-hybridized carbons (Fsp3) is 0.353. The number of carbonyl (C=O) groups is 1. The molecule has 0 bridgehead atoms. The lowest BCUT2D eigenvalue weighted by atomic mass is 10.0.